The summed E-state index contributed by atoms with van der Waals surface area (Å²) in [7, 11) is 1.68. The third-order valence-corrected chi connectivity index (χ3v) is 2.82. The largest absolute Gasteiger partial charge is 0.496 e. The zero-order valence-corrected chi connectivity index (χ0v) is 11.2. The molecule has 0 unspecified atom stereocenters. The zero-order chi connectivity index (χ0) is 13.7. The molecule has 0 fully saturated rings. The van der Waals surface area contributed by atoms with Gasteiger partial charge < -0.3 is 15.8 Å². The SMILES string of the molecule is COc1ccc(CNc2ccnc(CN)n2)cc1C. The second kappa shape index (κ2) is 6.15. The topological polar surface area (TPSA) is 73.1 Å². The number of aromatic nitrogens is 2. The van der Waals surface area contributed by atoms with E-state index in [1.165, 1.54) is 5.56 Å². The highest BCUT2D eigenvalue weighted by Gasteiger charge is 2.01. The maximum Gasteiger partial charge on any atom is 0.144 e. The van der Waals surface area contributed by atoms with E-state index in [9.17, 15) is 0 Å². The minimum atomic E-state index is 0.344. The first-order valence-corrected chi connectivity index (χ1v) is 6.12. The number of benzene rings is 1. The molecule has 0 spiro atoms. The van der Waals surface area contributed by atoms with Crippen molar-refractivity contribution in [3.8, 4) is 5.75 Å². The van der Waals surface area contributed by atoms with E-state index < -0.39 is 0 Å². The first-order valence-electron chi connectivity index (χ1n) is 6.12. The van der Waals surface area contributed by atoms with Gasteiger partial charge in [-0.2, -0.15) is 0 Å². The Morgan fingerprint density at radius 2 is 2.16 bits per heavy atom. The normalized spacial score (nSPS) is 10.3. The molecular weight excluding hydrogens is 240 g/mol. The molecule has 0 aliphatic carbocycles. The molecule has 0 bridgehead atoms. The highest BCUT2D eigenvalue weighted by atomic mass is 16.5. The van der Waals surface area contributed by atoms with E-state index in [4.69, 9.17) is 10.5 Å². The molecule has 5 nitrogen and oxygen atoms in total. The van der Waals surface area contributed by atoms with Crippen LogP contribution in [0.5, 0.6) is 5.75 Å². The lowest BCUT2D eigenvalue weighted by molar-refractivity contribution is 0.411. The second-order valence-electron chi connectivity index (χ2n) is 4.22. The summed E-state index contributed by atoms with van der Waals surface area (Å²) in [6.45, 7) is 3.07. The molecule has 0 atom stereocenters. The molecular formula is C14H18N4O. The van der Waals surface area contributed by atoms with Crippen molar-refractivity contribution in [3.63, 3.8) is 0 Å². The molecule has 3 N–H and O–H groups in total. The van der Waals surface area contributed by atoms with Crippen LogP contribution in [-0.2, 0) is 13.1 Å². The Bertz CT molecular complexity index is 557. The number of ether oxygens (including phenoxy) is 1. The number of rotatable bonds is 5. The summed E-state index contributed by atoms with van der Waals surface area (Å²) in [5, 5.41) is 3.25. The molecule has 19 heavy (non-hydrogen) atoms. The maximum atomic E-state index is 5.51. The van der Waals surface area contributed by atoms with Crippen LogP contribution in [-0.4, -0.2) is 17.1 Å². The molecule has 0 aliphatic heterocycles. The van der Waals surface area contributed by atoms with Crippen LogP contribution in [0.2, 0.25) is 0 Å². The minimum absolute atomic E-state index is 0.344. The summed E-state index contributed by atoms with van der Waals surface area (Å²) in [6.07, 6.45) is 1.71. The lowest BCUT2D eigenvalue weighted by Gasteiger charge is -2.09. The molecule has 0 saturated carbocycles. The zero-order valence-electron chi connectivity index (χ0n) is 11.2. The van der Waals surface area contributed by atoms with Gasteiger partial charge in [0, 0.05) is 12.7 Å². The number of hydrogen-bond acceptors (Lipinski definition) is 5. The first kappa shape index (κ1) is 13.3. The molecule has 0 radical (unpaired) electrons. The van der Waals surface area contributed by atoms with Crippen LogP contribution in [0, 0.1) is 6.92 Å². The van der Waals surface area contributed by atoms with Crippen molar-refractivity contribution in [2.75, 3.05) is 12.4 Å². The fraction of sp³-hybridized carbons (Fsp3) is 0.286. The number of aryl methyl sites for hydroxylation is 1. The van der Waals surface area contributed by atoms with Gasteiger partial charge in [-0.15, -0.1) is 0 Å². The van der Waals surface area contributed by atoms with Gasteiger partial charge >= 0.3 is 0 Å². The van der Waals surface area contributed by atoms with Crippen molar-refractivity contribution in [1.82, 2.24) is 9.97 Å². The van der Waals surface area contributed by atoms with E-state index in [1.54, 1.807) is 13.3 Å². The minimum Gasteiger partial charge on any atom is -0.496 e. The van der Waals surface area contributed by atoms with Crippen LogP contribution < -0.4 is 15.8 Å². The number of anilines is 1. The van der Waals surface area contributed by atoms with Gasteiger partial charge in [0.1, 0.15) is 17.4 Å². The van der Waals surface area contributed by atoms with E-state index in [0.717, 1.165) is 17.1 Å². The highest BCUT2D eigenvalue weighted by Crippen LogP contribution is 2.19. The number of hydrogen-bond donors (Lipinski definition) is 2. The predicted octanol–water partition coefficient (Wildman–Crippen LogP) is 1.86. The molecule has 0 saturated heterocycles. The smallest absolute Gasteiger partial charge is 0.144 e. The van der Waals surface area contributed by atoms with E-state index in [1.807, 2.05) is 25.1 Å². The van der Waals surface area contributed by atoms with Crippen LogP contribution in [0.25, 0.3) is 0 Å². The third-order valence-electron chi connectivity index (χ3n) is 2.82. The van der Waals surface area contributed by atoms with Crippen LogP contribution >= 0.6 is 0 Å². The lowest BCUT2D eigenvalue weighted by atomic mass is 10.1. The Labute approximate surface area is 112 Å². The average molecular weight is 258 g/mol. The summed E-state index contributed by atoms with van der Waals surface area (Å²) < 4.78 is 5.24. The third kappa shape index (κ3) is 3.42. The standard InChI is InChI=1S/C14H18N4O/c1-10-7-11(3-4-12(10)19-2)9-17-13-5-6-16-14(8-15)18-13/h3-7H,8-9,15H2,1-2H3,(H,16,17,18). The Balaban J connectivity index is 2.03. The molecule has 1 heterocycles. The Morgan fingerprint density at radius 1 is 1.32 bits per heavy atom. The molecule has 1 aromatic carbocycles. The van der Waals surface area contributed by atoms with Crippen molar-refractivity contribution in [3.05, 3.63) is 47.4 Å². The summed E-state index contributed by atoms with van der Waals surface area (Å²) in [5.74, 6) is 2.32. The molecule has 100 valence electrons. The van der Waals surface area contributed by atoms with E-state index in [2.05, 4.69) is 21.4 Å². The van der Waals surface area contributed by atoms with Gasteiger partial charge in [-0.1, -0.05) is 12.1 Å². The highest BCUT2D eigenvalue weighted by molar-refractivity contribution is 5.39. The van der Waals surface area contributed by atoms with E-state index >= 15 is 0 Å². The average Bonchev–Trinajstić information content (AvgIpc) is 2.45. The van der Waals surface area contributed by atoms with Gasteiger partial charge in [0.2, 0.25) is 0 Å². The van der Waals surface area contributed by atoms with E-state index in [0.29, 0.717) is 18.9 Å². The van der Waals surface area contributed by atoms with Crippen molar-refractivity contribution in [1.29, 1.82) is 0 Å². The van der Waals surface area contributed by atoms with Gasteiger partial charge in [-0.25, -0.2) is 9.97 Å². The number of methoxy groups -OCH3 is 1. The van der Waals surface area contributed by atoms with Gasteiger partial charge in [0.05, 0.1) is 13.7 Å². The molecule has 0 amide bonds. The Kier molecular flexibility index (Phi) is 4.30. The van der Waals surface area contributed by atoms with Crippen LogP contribution in [0.3, 0.4) is 0 Å². The fourth-order valence-corrected chi connectivity index (χ4v) is 1.84. The van der Waals surface area contributed by atoms with Crippen LogP contribution in [0.1, 0.15) is 17.0 Å². The summed E-state index contributed by atoms with van der Waals surface area (Å²) in [5.41, 5.74) is 7.80. The Hall–Kier alpha value is -2.14. The maximum absolute atomic E-state index is 5.51. The summed E-state index contributed by atoms with van der Waals surface area (Å²) in [6, 6.07) is 7.92. The Morgan fingerprint density at radius 3 is 2.84 bits per heavy atom. The monoisotopic (exact) mass is 258 g/mol. The van der Waals surface area contributed by atoms with Crippen molar-refractivity contribution in [2.24, 2.45) is 5.73 Å². The molecule has 2 rings (SSSR count). The van der Waals surface area contributed by atoms with Gasteiger partial charge in [0.15, 0.2) is 0 Å². The molecule has 5 heteroatoms. The first-order chi connectivity index (χ1) is 9.22. The van der Waals surface area contributed by atoms with Crippen LogP contribution in [0.15, 0.2) is 30.5 Å². The lowest BCUT2D eigenvalue weighted by Crippen LogP contribution is -2.07. The molecule has 2 aromatic rings. The van der Waals surface area contributed by atoms with Crippen molar-refractivity contribution >= 4 is 5.82 Å². The fourth-order valence-electron chi connectivity index (χ4n) is 1.84. The van der Waals surface area contributed by atoms with Crippen LogP contribution in [0.4, 0.5) is 5.82 Å². The van der Waals surface area contributed by atoms with Crippen molar-refractivity contribution in [2.45, 2.75) is 20.0 Å². The van der Waals surface area contributed by atoms with E-state index in [-0.39, 0.29) is 0 Å². The molecule has 1 aromatic heterocycles. The second-order valence-corrected chi connectivity index (χ2v) is 4.22. The summed E-state index contributed by atoms with van der Waals surface area (Å²) in [4.78, 5) is 8.35. The molecule has 0 aliphatic rings. The quantitative estimate of drug-likeness (QED) is 0.856. The van der Waals surface area contributed by atoms with Gasteiger partial charge in [-0.05, 0) is 30.2 Å². The van der Waals surface area contributed by atoms with Gasteiger partial charge in [0.25, 0.3) is 0 Å². The summed E-state index contributed by atoms with van der Waals surface area (Å²) >= 11 is 0. The van der Waals surface area contributed by atoms with Gasteiger partial charge in [-0.3, -0.25) is 0 Å². The predicted molar refractivity (Wildman–Crippen MR) is 75.0 cm³/mol. The number of nitrogens with two attached hydrogens (primary N) is 1. The number of nitrogens with zero attached hydrogens (tertiary/aromatic N) is 2. The number of nitrogens with one attached hydrogen (secondary N) is 1. The van der Waals surface area contributed by atoms with Crippen molar-refractivity contribution < 1.29 is 4.74 Å².